The molecule has 0 fully saturated rings. The average Bonchev–Trinajstić information content (AvgIpc) is 2.21. The number of nitrogens with one attached hydrogen (secondary N) is 1. The molecule has 0 aromatic carbocycles. The summed E-state index contributed by atoms with van der Waals surface area (Å²) in [5.41, 5.74) is 10.2. The van der Waals surface area contributed by atoms with Gasteiger partial charge in [-0.1, -0.05) is 0 Å². The van der Waals surface area contributed by atoms with Gasteiger partial charge in [-0.05, 0) is 13.3 Å². The minimum absolute atomic E-state index is 0.122. The fraction of sp³-hybridized carbons (Fsp3) is 0.667. The Morgan fingerprint density at radius 2 is 1.88 bits per heavy atom. The van der Waals surface area contributed by atoms with Crippen molar-refractivity contribution < 1.29 is 24.6 Å². The van der Waals surface area contributed by atoms with Gasteiger partial charge in [0, 0.05) is 6.42 Å². The minimum Gasteiger partial charge on any atom is -0.480 e. The lowest BCUT2D eigenvalue weighted by Crippen LogP contribution is -2.52. The maximum absolute atomic E-state index is 11.4. The number of aliphatic hydroxyl groups excluding tert-OH is 1. The van der Waals surface area contributed by atoms with Crippen LogP contribution in [-0.4, -0.2) is 46.2 Å². The monoisotopic (exact) mass is 247 g/mol. The van der Waals surface area contributed by atoms with Crippen molar-refractivity contribution in [1.29, 1.82) is 0 Å². The van der Waals surface area contributed by atoms with Crippen LogP contribution in [0.3, 0.4) is 0 Å². The Balaban J connectivity index is 4.39. The van der Waals surface area contributed by atoms with Gasteiger partial charge in [0.15, 0.2) is 0 Å². The number of hydrogen-bond acceptors (Lipinski definition) is 5. The van der Waals surface area contributed by atoms with Crippen LogP contribution in [0.15, 0.2) is 0 Å². The van der Waals surface area contributed by atoms with Gasteiger partial charge in [0.05, 0.1) is 6.10 Å². The van der Waals surface area contributed by atoms with Gasteiger partial charge in [-0.2, -0.15) is 0 Å². The molecule has 8 nitrogen and oxygen atoms in total. The summed E-state index contributed by atoms with van der Waals surface area (Å²) in [6.45, 7) is 1.31. The van der Waals surface area contributed by atoms with Gasteiger partial charge in [-0.3, -0.25) is 9.59 Å². The number of carbonyl (C=O) groups excluding carboxylic acids is 2. The van der Waals surface area contributed by atoms with Crippen LogP contribution in [0.5, 0.6) is 0 Å². The van der Waals surface area contributed by atoms with Gasteiger partial charge in [0.1, 0.15) is 12.1 Å². The van der Waals surface area contributed by atoms with Crippen LogP contribution >= 0.6 is 0 Å². The normalized spacial score (nSPS) is 15.7. The minimum atomic E-state index is -1.29. The molecule has 0 spiro atoms. The van der Waals surface area contributed by atoms with E-state index in [1.54, 1.807) is 0 Å². The third-order valence-corrected chi connectivity index (χ3v) is 2.12. The molecule has 0 heterocycles. The van der Waals surface area contributed by atoms with Gasteiger partial charge in [-0.15, -0.1) is 0 Å². The van der Waals surface area contributed by atoms with Gasteiger partial charge in [0.2, 0.25) is 11.8 Å². The lowest BCUT2D eigenvalue weighted by atomic mass is 10.1. The molecule has 0 aliphatic carbocycles. The number of aliphatic carboxylic acids is 1. The van der Waals surface area contributed by atoms with Gasteiger partial charge in [-0.25, -0.2) is 4.79 Å². The van der Waals surface area contributed by atoms with E-state index in [-0.39, 0.29) is 12.8 Å². The molecule has 0 saturated heterocycles. The highest BCUT2D eigenvalue weighted by atomic mass is 16.4. The van der Waals surface area contributed by atoms with E-state index in [0.717, 1.165) is 0 Å². The number of aliphatic hydroxyl groups is 1. The second-order valence-electron chi connectivity index (χ2n) is 3.67. The molecule has 98 valence electrons. The van der Waals surface area contributed by atoms with E-state index in [1.165, 1.54) is 6.92 Å². The number of carboxylic acid groups (broad SMARTS) is 1. The van der Waals surface area contributed by atoms with Gasteiger partial charge < -0.3 is 27.0 Å². The second-order valence-corrected chi connectivity index (χ2v) is 3.67. The molecule has 2 amide bonds. The number of carboxylic acids is 1. The molecule has 3 atom stereocenters. The van der Waals surface area contributed by atoms with Crippen LogP contribution in [0, 0.1) is 0 Å². The van der Waals surface area contributed by atoms with Crippen molar-refractivity contribution >= 4 is 17.8 Å². The smallest absolute Gasteiger partial charge is 0.326 e. The van der Waals surface area contributed by atoms with Crippen LogP contribution < -0.4 is 16.8 Å². The Kier molecular flexibility index (Phi) is 6.15. The van der Waals surface area contributed by atoms with Crippen LogP contribution in [0.1, 0.15) is 19.8 Å². The molecule has 0 aromatic heterocycles. The van der Waals surface area contributed by atoms with Crippen LogP contribution in [0.4, 0.5) is 0 Å². The quantitative estimate of drug-likeness (QED) is 0.335. The van der Waals surface area contributed by atoms with E-state index < -0.39 is 36.0 Å². The molecule has 8 heteroatoms. The van der Waals surface area contributed by atoms with E-state index in [2.05, 4.69) is 5.32 Å². The zero-order valence-corrected chi connectivity index (χ0v) is 9.42. The summed E-state index contributed by atoms with van der Waals surface area (Å²) in [6, 6.07) is -2.47. The number of primary amides is 1. The molecular weight excluding hydrogens is 230 g/mol. The van der Waals surface area contributed by atoms with E-state index in [1.807, 2.05) is 0 Å². The van der Waals surface area contributed by atoms with Crippen molar-refractivity contribution in [2.45, 2.75) is 38.0 Å². The molecule has 0 unspecified atom stereocenters. The largest absolute Gasteiger partial charge is 0.480 e. The second kappa shape index (κ2) is 6.81. The Hall–Kier alpha value is -1.67. The third-order valence-electron chi connectivity index (χ3n) is 2.12. The highest BCUT2D eigenvalue weighted by Gasteiger charge is 2.25. The molecule has 0 radical (unpaired) electrons. The summed E-state index contributed by atoms with van der Waals surface area (Å²) in [5, 5.41) is 20.0. The fourth-order valence-corrected chi connectivity index (χ4v) is 1.03. The number of carbonyl (C=O) groups is 3. The van der Waals surface area contributed by atoms with Crippen LogP contribution in [0.2, 0.25) is 0 Å². The maximum atomic E-state index is 11.4. The summed E-state index contributed by atoms with van der Waals surface area (Å²) in [7, 11) is 0. The first-order valence-electron chi connectivity index (χ1n) is 5.00. The van der Waals surface area contributed by atoms with Gasteiger partial charge in [0.25, 0.3) is 0 Å². The van der Waals surface area contributed by atoms with Crippen LogP contribution in [-0.2, 0) is 14.4 Å². The molecule has 7 N–H and O–H groups in total. The van der Waals surface area contributed by atoms with Crippen molar-refractivity contribution in [2.75, 3.05) is 0 Å². The fourth-order valence-electron chi connectivity index (χ4n) is 1.03. The van der Waals surface area contributed by atoms with Crippen molar-refractivity contribution in [3.05, 3.63) is 0 Å². The number of hydrogen-bond donors (Lipinski definition) is 5. The molecule has 0 aliphatic rings. The van der Waals surface area contributed by atoms with E-state index in [9.17, 15) is 14.4 Å². The van der Waals surface area contributed by atoms with Crippen molar-refractivity contribution in [2.24, 2.45) is 11.5 Å². The van der Waals surface area contributed by atoms with Crippen molar-refractivity contribution in [1.82, 2.24) is 5.32 Å². The first-order chi connectivity index (χ1) is 7.75. The lowest BCUT2D eigenvalue weighted by molar-refractivity contribution is -0.142. The average molecular weight is 247 g/mol. The molecule has 0 aliphatic heterocycles. The SMILES string of the molecule is C[C@H](O)[C@@H](N)C(=O)N[C@H](CCC(N)=O)C(=O)O. The molecule has 17 heavy (non-hydrogen) atoms. The number of nitrogens with two attached hydrogens (primary N) is 2. The first kappa shape index (κ1) is 15.3. The summed E-state index contributed by atoms with van der Waals surface area (Å²) < 4.78 is 0. The predicted molar refractivity (Wildman–Crippen MR) is 57.7 cm³/mol. The molecule has 0 bridgehead atoms. The highest BCUT2D eigenvalue weighted by Crippen LogP contribution is 1.99. The molecule has 0 rings (SSSR count). The predicted octanol–water partition coefficient (Wildman–Crippen LogP) is -2.47. The molecule has 0 aromatic rings. The van der Waals surface area contributed by atoms with Crippen LogP contribution in [0.25, 0.3) is 0 Å². The standard InChI is InChI=1S/C9H17N3O5/c1-4(13)7(11)8(15)12-5(9(16)17)2-3-6(10)14/h4-5,7,13H,2-3,11H2,1H3,(H2,10,14)(H,12,15)(H,16,17)/t4-,5+,7+/m0/s1. The summed E-state index contributed by atoms with van der Waals surface area (Å²) in [6.07, 6.45) is -1.38. The first-order valence-corrected chi connectivity index (χ1v) is 5.00. The summed E-state index contributed by atoms with van der Waals surface area (Å²) >= 11 is 0. The molecule has 0 saturated carbocycles. The molecular formula is C9H17N3O5. The Labute approximate surface area is 98.0 Å². The van der Waals surface area contributed by atoms with Crippen molar-refractivity contribution in [3.8, 4) is 0 Å². The number of rotatable bonds is 7. The van der Waals surface area contributed by atoms with E-state index >= 15 is 0 Å². The summed E-state index contributed by atoms with van der Waals surface area (Å²) in [4.78, 5) is 32.6. The Bertz CT molecular complexity index is 305. The maximum Gasteiger partial charge on any atom is 0.326 e. The van der Waals surface area contributed by atoms with E-state index in [0.29, 0.717) is 0 Å². The third kappa shape index (κ3) is 5.83. The van der Waals surface area contributed by atoms with E-state index in [4.69, 9.17) is 21.7 Å². The zero-order valence-electron chi connectivity index (χ0n) is 9.42. The van der Waals surface area contributed by atoms with Gasteiger partial charge >= 0.3 is 5.97 Å². The highest BCUT2D eigenvalue weighted by molar-refractivity contribution is 5.87. The zero-order chi connectivity index (χ0) is 13.6. The Morgan fingerprint density at radius 1 is 1.35 bits per heavy atom. The summed E-state index contributed by atoms with van der Waals surface area (Å²) in [5.74, 6) is -2.75. The number of amides is 2. The van der Waals surface area contributed by atoms with Crippen molar-refractivity contribution in [3.63, 3.8) is 0 Å². The Morgan fingerprint density at radius 3 is 2.24 bits per heavy atom. The lowest BCUT2D eigenvalue weighted by Gasteiger charge is -2.18. The topological polar surface area (TPSA) is 156 Å².